The van der Waals surface area contributed by atoms with E-state index in [2.05, 4.69) is 10.1 Å². The van der Waals surface area contributed by atoms with Gasteiger partial charge in [0.1, 0.15) is 0 Å². The SMILES string of the molecule is CC(=O)c1ccc(-c2nc(C3CCOC3)no2)s1. The fraction of sp³-hybridized carbons (Fsp3) is 0.417. The molecule has 94 valence electrons. The molecule has 18 heavy (non-hydrogen) atoms. The number of ether oxygens (including phenoxy) is 1. The summed E-state index contributed by atoms with van der Waals surface area (Å²) in [4.78, 5) is 17.1. The molecule has 0 radical (unpaired) electrons. The van der Waals surface area contributed by atoms with E-state index in [4.69, 9.17) is 9.26 Å². The molecule has 2 aromatic heterocycles. The van der Waals surface area contributed by atoms with Crippen LogP contribution in [-0.2, 0) is 4.74 Å². The topological polar surface area (TPSA) is 65.2 Å². The van der Waals surface area contributed by atoms with E-state index in [1.165, 1.54) is 11.3 Å². The number of ketones is 1. The highest BCUT2D eigenvalue weighted by Crippen LogP contribution is 2.29. The maximum atomic E-state index is 11.2. The first kappa shape index (κ1) is 11.6. The zero-order chi connectivity index (χ0) is 12.5. The van der Waals surface area contributed by atoms with Crippen molar-refractivity contribution in [3.05, 3.63) is 22.8 Å². The molecule has 3 heterocycles. The van der Waals surface area contributed by atoms with E-state index in [1.54, 1.807) is 13.0 Å². The van der Waals surface area contributed by atoms with Crippen LogP contribution in [0.4, 0.5) is 0 Å². The van der Waals surface area contributed by atoms with Crippen molar-refractivity contribution >= 4 is 17.1 Å². The van der Waals surface area contributed by atoms with Crippen LogP contribution < -0.4 is 0 Å². The van der Waals surface area contributed by atoms with Gasteiger partial charge in [0.05, 0.1) is 16.4 Å². The van der Waals surface area contributed by atoms with Gasteiger partial charge < -0.3 is 9.26 Å². The van der Waals surface area contributed by atoms with Gasteiger partial charge in [-0.05, 0) is 25.5 Å². The van der Waals surface area contributed by atoms with Gasteiger partial charge in [-0.15, -0.1) is 11.3 Å². The molecule has 2 aromatic rings. The summed E-state index contributed by atoms with van der Waals surface area (Å²) in [6.07, 6.45) is 0.933. The number of rotatable bonds is 3. The molecule has 0 spiro atoms. The third-order valence-corrected chi connectivity index (χ3v) is 4.07. The third kappa shape index (κ3) is 2.09. The van der Waals surface area contributed by atoms with Gasteiger partial charge in [0, 0.05) is 12.5 Å². The first-order valence-corrected chi connectivity index (χ1v) is 6.58. The smallest absolute Gasteiger partial charge is 0.268 e. The Morgan fingerprint density at radius 1 is 1.50 bits per heavy atom. The van der Waals surface area contributed by atoms with Crippen molar-refractivity contribution < 1.29 is 14.1 Å². The van der Waals surface area contributed by atoms with Crippen molar-refractivity contribution in [1.29, 1.82) is 0 Å². The van der Waals surface area contributed by atoms with Crippen molar-refractivity contribution in [3.8, 4) is 10.8 Å². The van der Waals surface area contributed by atoms with Gasteiger partial charge in [-0.1, -0.05) is 5.16 Å². The highest BCUT2D eigenvalue weighted by Gasteiger charge is 2.23. The number of hydrogen-bond donors (Lipinski definition) is 0. The predicted octanol–water partition coefficient (Wildman–Crippen LogP) is 2.50. The maximum absolute atomic E-state index is 11.2. The van der Waals surface area contributed by atoms with Gasteiger partial charge >= 0.3 is 0 Å². The lowest BCUT2D eigenvalue weighted by Crippen LogP contribution is -1.99. The van der Waals surface area contributed by atoms with Crippen molar-refractivity contribution in [2.75, 3.05) is 13.2 Å². The Bertz CT molecular complexity index is 569. The summed E-state index contributed by atoms with van der Waals surface area (Å²) in [6, 6.07) is 3.62. The molecule has 1 saturated heterocycles. The molecule has 1 fully saturated rings. The predicted molar refractivity (Wildman–Crippen MR) is 65.8 cm³/mol. The van der Waals surface area contributed by atoms with Gasteiger partial charge in [-0.2, -0.15) is 4.98 Å². The number of carbonyl (C=O) groups excluding carboxylic acids is 1. The summed E-state index contributed by atoms with van der Waals surface area (Å²) in [5.41, 5.74) is 0. The van der Waals surface area contributed by atoms with Gasteiger partial charge in [0.25, 0.3) is 5.89 Å². The molecule has 1 atom stereocenters. The van der Waals surface area contributed by atoms with Crippen LogP contribution in [0, 0.1) is 0 Å². The molecular formula is C12H12N2O3S. The largest absolute Gasteiger partial charge is 0.381 e. The zero-order valence-corrected chi connectivity index (χ0v) is 10.7. The summed E-state index contributed by atoms with van der Waals surface area (Å²) in [7, 11) is 0. The van der Waals surface area contributed by atoms with E-state index < -0.39 is 0 Å². The number of hydrogen-bond acceptors (Lipinski definition) is 6. The van der Waals surface area contributed by atoms with Gasteiger partial charge in [-0.3, -0.25) is 4.79 Å². The van der Waals surface area contributed by atoms with E-state index in [-0.39, 0.29) is 11.7 Å². The van der Waals surface area contributed by atoms with Crippen molar-refractivity contribution in [2.45, 2.75) is 19.3 Å². The van der Waals surface area contributed by atoms with Crippen molar-refractivity contribution in [2.24, 2.45) is 0 Å². The Hall–Kier alpha value is -1.53. The Kier molecular flexibility index (Phi) is 2.97. The maximum Gasteiger partial charge on any atom is 0.268 e. The zero-order valence-electron chi connectivity index (χ0n) is 9.88. The number of carbonyl (C=O) groups is 1. The summed E-state index contributed by atoms with van der Waals surface area (Å²) < 4.78 is 10.5. The van der Waals surface area contributed by atoms with E-state index >= 15 is 0 Å². The number of nitrogens with zero attached hydrogens (tertiary/aromatic N) is 2. The van der Waals surface area contributed by atoms with Crippen LogP contribution in [0.5, 0.6) is 0 Å². The molecular weight excluding hydrogens is 252 g/mol. The normalized spacial score (nSPS) is 19.3. The molecule has 3 rings (SSSR count). The molecule has 0 aromatic carbocycles. The standard InChI is InChI=1S/C12H12N2O3S/c1-7(15)9-2-3-10(18-9)12-13-11(14-17-12)8-4-5-16-6-8/h2-3,8H,4-6H2,1H3. The second-order valence-corrected chi connectivity index (χ2v) is 5.32. The molecule has 0 aliphatic carbocycles. The van der Waals surface area contributed by atoms with Crippen LogP contribution in [0.2, 0.25) is 0 Å². The Morgan fingerprint density at radius 2 is 2.39 bits per heavy atom. The van der Waals surface area contributed by atoms with E-state index in [9.17, 15) is 4.79 Å². The van der Waals surface area contributed by atoms with Crippen LogP contribution in [0.25, 0.3) is 10.8 Å². The molecule has 0 bridgehead atoms. The van der Waals surface area contributed by atoms with Gasteiger partial charge in [0.2, 0.25) is 0 Å². The molecule has 5 nitrogen and oxygen atoms in total. The van der Waals surface area contributed by atoms with Gasteiger partial charge in [-0.25, -0.2) is 0 Å². The minimum atomic E-state index is 0.0511. The Morgan fingerprint density at radius 3 is 3.06 bits per heavy atom. The van der Waals surface area contributed by atoms with Crippen LogP contribution in [-0.4, -0.2) is 29.1 Å². The minimum absolute atomic E-state index is 0.0511. The van der Waals surface area contributed by atoms with E-state index in [0.29, 0.717) is 23.2 Å². The number of thiophene rings is 1. The quantitative estimate of drug-likeness (QED) is 0.797. The number of Topliss-reactive ketones (excluding diaryl/α,β-unsaturated/α-hetero) is 1. The van der Waals surface area contributed by atoms with Crippen LogP contribution in [0.1, 0.15) is 34.8 Å². The van der Waals surface area contributed by atoms with Crippen LogP contribution in [0.3, 0.4) is 0 Å². The number of aromatic nitrogens is 2. The summed E-state index contributed by atoms with van der Waals surface area (Å²) in [5.74, 6) is 1.46. The molecule has 1 aliphatic rings. The minimum Gasteiger partial charge on any atom is -0.381 e. The second-order valence-electron chi connectivity index (χ2n) is 4.24. The monoisotopic (exact) mass is 264 g/mol. The average molecular weight is 264 g/mol. The third-order valence-electron chi connectivity index (χ3n) is 2.90. The van der Waals surface area contributed by atoms with Crippen LogP contribution >= 0.6 is 11.3 Å². The fourth-order valence-corrected chi connectivity index (χ4v) is 2.70. The first-order chi connectivity index (χ1) is 8.74. The van der Waals surface area contributed by atoms with Gasteiger partial charge in [0.15, 0.2) is 11.6 Å². The van der Waals surface area contributed by atoms with E-state index in [1.807, 2.05) is 6.07 Å². The van der Waals surface area contributed by atoms with Crippen molar-refractivity contribution in [3.63, 3.8) is 0 Å². The molecule has 1 unspecified atom stereocenters. The molecule has 0 saturated carbocycles. The molecule has 6 heteroatoms. The molecule has 0 N–H and O–H groups in total. The lowest BCUT2D eigenvalue weighted by atomic mass is 10.1. The molecule has 0 amide bonds. The first-order valence-electron chi connectivity index (χ1n) is 5.76. The summed E-state index contributed by atoms with van der Waals surface area (Å²) in [6.45, 7) is 2.95. The fourth-order valence-electron chi connectivity index (χ4n) is 1.88. The van der Waals surface area contributed by atoms with Crippen molar-refractivity contribution in [1.82, 2.24) is 10.1 Å². The molecule has 1 aliphatic heterocycles. The van der Waals surface area contributed by atoms with Crippen LogP contribution in [0.15, 0.2) is 16.7 Å². The van der Waals surface area contributed by atoms with E-state index in [0.717, 1.165) is 17.9 Å². The second kappa shape index (κ2) is 4.62. The summed E-state index contributed by atoms with van der Waals surface area (Å²) >= 11 is 1.37. The Labute approximate surface area is 108 Å². The highest BCUT2D eigenvalue weighted by molar-refractivity contribution is 7.17. The summed E-state index contributed by atoms with van der Waals surface area (Å²) in [5, 5.41) is 3.98. The lowest BCUT2D eigenvalue weighted by Gasteiger charge is -1.97. The highest BCUT2D eigenvalue weighted by atomic mass is 32.1. The average Bonchev–Trinajstić information content (AvgIpc) is 3.10. The Balaban J connectivity index is 1.85. The lowest BCUT2D eigenvalue weighted by molar-refractivity contribution is 0.102.